The number of thiazole rings is 1. The fourth-order valence-corrected chi connectivity index (χ4v) is 4.87. The molecule has 9 heteroatoms. The highest BCUT2D eigenvalue weighted by Gasteiger charge is 2.16. The monoisotopic (exact) mass is 516 g/mol. The molecule has 0 aliphatic carbocycles. The first-order valence-corrected chi connectivity index (χ1v) is 11.6. The van der Waals surface area contributed by atoms with Gasteiger partial charge in [-0.25, -0.2) is 9.38 Å². The van der Waals surface area contributed by atoms with Gasteiger partial charge in [-0.05, 0) is 54.6 Å². The summed E-state index contributed by atoms with van der Waals surface area (Å²) in [6, 6.07) is 19.9. The second-order valence-corrected chi connectivity index (χ2v) is 9.18. The summed E-state index contributed by atoms with van der Waals surface area (Å²) in [6.45, 7) is 0. The summed E-state index contributed by atoms with van der Waals surface area (Å²) >= 11 is 4.62. The van der Waals surface area contributed by atoms with Crippen molar-refractivity contribution in [1.82, 2.24) is 18.8 Å². The van der Waals surface area contributed by atoms with Crippen LogP contribution in [0.5, 0.6) is 11.6 Å². The molecule has 0 unspecified atom stereocenters. The molecule has 0 radical (unpaired) electrons. The smallest absolute Gasteiger partial charge is 0.274 e. The highest BCUT2D eigenvalue weighted by atomic mass is 79.9. The van der Waals surface area contributed by atoms with E-state index in [9.17, 15) is 9.59 Å². The minimum absolute atomic E-state index is 0.129. The molecule has 7 nitrogen and oxygen atoms in total. The van der Waals surface area contributed by atoms with Gasteiger partial charge >= 0.3 is 0 Å². The van der Waals surface area contributed by atoms with Crippen LogP contribution in [-0.2, 0) is 0 Å². The highest BCUT2D eigenvalue weighted by molar-refractivity contribution is 9.10. The minimum atomic E-state index is -0.331. The van der Waals surface area contributed by atoms with E-state index in [2.05, 4.69) is 25.9 Å². The van der Waals surface area contributed by atoms with Gasteiger partial charge in [0.05, 0.1) is 15.6 Å². The van der Waals surface area contributed by atoms with Crippen LogP contribution in [0, 0.1) is 0 Å². The van der Waals surface area contributed by atoms with Gasteiger partial charge in [0, 0.05) is 10.7 Å². The maximum atomic E-state index is 13.4. The lowest BCUT2D eigenvalue weighted by molar-refractivity contribution is 0.461. The van der Waals surface area contributed by atoms with Gasteiger partial charge in [-0.15, -0.1) is 0 Å². The van der Waals surface area contributed by atoms with Crippen LogP contribution in [0.2, 0.25) is 0 Å². The number of ether oxygens (including phenoxy) is 1. The van der Waals surface area contributed by atoms with Crippen LogP contribution in [0.15, 0.2) is 87.0 Å². The van der Waals surface area contributed by atoms with Crippen LogP contribution in [0.3, 0.4) is 0 Å². The Bertz CT molecular complexity index is 1860. The standard InChI is InChI=1S/C24H13BrN4O3S/c25-14-8-10-15(11-9-14)32-21-16(22(30)28-12-4-3-7-20(28)27-21)13-19-23(31)29-18-6-2-1-5-17(18)26-24(29)33-19/h1-13H/b19-13-. The Kier molecular flexibility index (Phi) is 4.60. The molecule has 0 aliphatic rings. The molecule has 0 bridgehead atoms. The molecule has 0 saturated heterocycles. The Morgan fingerprint density at radius 1 is 0.909 bits per heavy atom. The van der Waals surface area contributed by atoms with Crippen LogP contribution in [0.4, 0.5) is 0 Å². The predicted octanol–water partition coefficient (Wildman–Crippen LogP) is 4.02. The van der Waals surface area contributed by atoms with Crippen molar-refractivity contribution in [2.45, 2.75) is 0 Å². The largest absolute Gasteiger partial charge is 0.438 e. The first kappa shape index (κ1) is 19.8. The summed E-state index contributed by atoms with van der Waals surface area (Å²) in [5.74, 6) is 0.651. The number of nitrogens with zero attached hydrogens (tertiary/aromatic N) is 4. The van der Waals surface area contributed by atoms with Crippen molar-refractivity contribution in [3.05, 3.63) is 108 Å². The maximum Gasteiger partial charge on any atom is 0.274 e. The van der Waals surface area contributed by atoms with E-state index in [1.165, 1.54) is 15.7 Å². The fraction of sp³-hybridized carbons (Fsp3) is 0. The van der Waals surface area contributed by atoms with Crippen molar-refractivity contribution in [2.24, 2.45) is 0 Å². The van der Waals surface area contributed by atoms with E-state index in [4.69, 9.17) is 4.74 Å². The fourth-order valence-electron chi connectivity index (χ4n) is 3.64. The first-order valence-electron chi connectivity index (χ1n) is 9.95. The van der Waals surface area contributed by atoms with Crippen LogP contribution in [0.25, 0.3) is 27.7 Å². The van der Waals surface area contributed by atoms with Gasteiger partial charge in [-0.1, -0.05) is 45.5 Å². The van der Waals surface area contributed by atoms with Gasteiger partial charge < -0.3 is 4.74 Å². The molecule has 0 N–H and O–H groups in total. The molecule has 0 spiro atoms. The molecule has 6 aromatic rings. The van der Waals surface area contributed by atoms with Crippen LogP contribution in [-0.4, -0.2) is 18.8 Å². The summed E-state index contributed by atoms with van der Waals surface area (Å²) in [6.07, 6.45) is 3.18. The molecule has 6 rings (SSSR count). The third kappa shape index (κ3) is 3.33. The lowest BCUT2D eigenvalue weighted by Crippen LogP contribution is -2.25. The van der Waals surface area contributed by atoms with Crippen molar-refractivity contribution < 1.29 is 4.74 Å². The summed E-state index contributed by atoms with van der Waals surface area (Å²) in [7, 11) is 0. The molecule has 0 amide bonds. The first-order chi connectivity index (χ1) is 16.1. The van der Waals surface area contributed by atoms with Crippen LogP contribution < -0.4 is 20.4 Å². The van der Waals surface area contributed by atoms with E-state index in [0.717, 1.165) is 15.5 Å². The van der Waals surface area contributed by atoms with Gasteiger partial charge in [-0.3, -0.25) is 14.0 Å². The second kappa shape index (κ2) is 7.65. The molecule has 0 saturated carbocycles. The Morgan fingerprint density at radius 2 is 1.70 bits per heavy atom. The molecule has 0 atom stereocenters. The molecule has 4 aromatic heterocycles. The number of imidazole rings is 1. The molecule has 4 heterocycles. The zero-order chi connectivity index (χ0) is 22.5. The van der Waals surface area contributed by atoms with Crippen molar-refractivity contribution in [2.75, 3.05) is 0 Å². The van der Waals surface area contributed by atoms with Crippen molar-refractivity contribution in [3.8, 4) is 11.6 Å². The number of fused-ring (bicyclic) bond motifs is 4. The zero-order valence-electron chi connectivity index (χ0n) is 16.8. The van der Waals surface area contributed by atoms with Gasteiger partial charge in [0.2, 0.25) is 5.88 Å². The van der Waals surface area contributed by atoms with Gasteiger partial charge in [-0.2, -0.15) is 4.98 Å². The molecular formula is C24H13BrN4O3S. The zero-order valence-corrected chi connectivity index (χ0v) is 19.2. The molecule has 2 aromatic carbocycles. The van der Waals surface area contributed by atoms with Crippen molar-refractivity contribution >= 4 is 55.0 Å². The Morgan fingerprint density at radius 3 is 2.55 bits per heavy atom. The number of benzene rings is 2. The van der Waals surface area contributed by atoms with Crippen molar-refractivity contribution in [3.63, 3.8) is 0 Å². The average molecular weight is 517 g/mol. The third-order valence-electron chi connectivity index (χ3n) is 5.18. The second-order valence-electron chi connectivity index (χ2n) is 7.25. The van der Waals surface area contributed by atoms with Gasteiger partial charge in [0.25, 0.3) is 11.1 Å². The number of aromatic nitrogens is 4. The predicted molar refractivity (Wildman–Crippen MR) is 131 cm³/mol. The summed E-state index contributed by atoms with van der Waals surface area (Å²) in [4.78, 5) is 36.2. The number of hydrogen-bond donors (Lipinski definition) is 0. The van der Waals surface area contributed by atoms with E-state index >= 15 is 0 Å². The Hall–Kier alpha value is -3.82. The van der Waals surface area contributed by atoms with E-state index in [1.807, 2.05) is 36.4 Å². The Labute approximate surface area is 198 Å². The molecule has 0 aliphatic heterocycles. The maximum absolute atomic E-state index is 13.4. The Balaban J connectivity index is 1.61. The molecule has 0 fully saturated rings. The highest BCUT2D eigenvalue weighted by Crippen LogP contribution is 2.24. The van der Waals surface area contributed by atoms with E-state index in [-0.39, 0.29) is 22.6 Å². The van der Waals surface area contributed by atoms with Crippen molar-refractivity contribution in [1.29, 1.82) is 0 Å². The number of pyridine rings is 1. The van der Waals surface area contributed by atoms with Gasteiger partial charge in [0.15, 0.2) is 4.96 Å². The quantitative estimate of drug-likeness (QED) is 0.355. The molecule has 33 heavy (non-hydrogen) atoms. The van der Waals surface area contributed by atoms with E-state index in [1.54, 1.807) is 47.0 Å². The number of halogens is 1. The van der Waals surface area contributed by atoms with Gasteiger partial charge in [0.1, 0.15) is 17.0 Å². The number of para-hydroxylation sites is 2. The summed E-state index contributed by atoms with van der Waals surface area (Å²) in [5.41, 5.74) is 1.54. The van der Waals surface area contributed by atoms with Crippen LogP contribution >= 0.6 is 27.3 Å². The lowest BCUT2D eigenvalue weighted by atomic mass is 10.2. The topological polar surface area (TPSA) is 78.0 Å². The van der Waals surface area contributed by atoms with E-state index in [0.29, 0.717) is 20.9 Å². The normalized spacial score (nSPS) is 12.2. The molecule has 160 valence electrons. The van der Waals surface area contributed by atoms with E-state index < -0.39 is 0 Å². The number of rotatable bonds is 3. The van der Waals surface area contributed by atoms with Crippen LogP contribution in [0.1, 0.15) is 5.56 Å². The average Bonchev–Trinajstić information content (AvgIpc) is 3.34. The summed E-state index contributed by atoms with van der Waals surface area (Å²) < 4.78 is 10.3. The minimum Gasteiger partial charge on any atom is -0.438 e. The molecular weight excluding hydrogens is 504 g/mol. The summed E-state index contributed by atoms with van der Waals surface area (Å²) in [5, 5.41) is 0. The SMILES string of the molecule is O=c1c(/C=c2\sc3nc4ccccc4n3c2=O)c(Oc2ccc(Br)cc2)nc2ccccn12. The lowest BCUT2D eigenvalue weighted by Gasteiger charge is -2.09. The number of hydrogen-bond acceptors (Lipinski definition) is 6. The third-order valence-corrected chi connectivity index (χ3v) is 6.68.